The van der Waals surface area contributed by atoms with Crippen LogP contribution in [0.3, 0.4) is 0 Å². The third kappa shape index (κ3) is 4.45. The van der Waals surface area contributed by atoms with Crippen molar-refractivity contribution in [2.75, 3.05) is 19.6 Å². The van der Waals surface area contributed by atoms with Crippen LogP contribution in [0.4, 0.5) is 0 Å². The maximum absolute atomic E-state index is 12.8. The molecule has 23 heavy (non-hydrogen) atoms. The van der Waals surface area contributed by atoms with E-state index in [0.29, 0.717) is 32.5 Å². The summed E-state index contributed by atoms with van der Waals surface area (Å²) >= 11 is 0. The molecule has 0 aromatic rings. The molecule has 2 aliphatic heterocycles. The van der Waals surface area contributed by atoms with Gasteiger partial charge in [0.25, 0.3) is 0 Å². The molecule has 2 atom stereocenters. The van der Waals surface area contributed by atoms with Gasteiger partial charge in [0.05, 0.1) is 5.92 Å². The summed E-state index contributed by atoms with van der Waals surface area (Å²) in [7, 11) is 0. The van der Waals surface area contributed by atoms with Gasteiger partial charge in [0, 0.05) is 26.1 Å². The summed E-state index contributed by atoms with van der Waals surface area (Å²) < 4.78 is 0. The third-order valence-corrected chi connectivity index (χ3v) is 4.68. The molecule has 2 fully saturated rings. The fourth-order valence-corrected chi connectivity index (χ4v) is 3.50. The Bertz CT molecular complexity index is 484. The number of nitrogens with two attached hydrogens (primary N) is 1. The van der Waals surface area contributed by atoms with E-state index in [1.807, 2.05) is 20.8 Å². The van der Waals surface area contributed by atoms with Crippen LogP contribution in [-0.4, -0.2) is 53.2 Å². The standard InChI is InChI=1S/C17H29N3O3/c1-17(2,3)10-14(21)20-9-5-7-13(20)16(23)19-8-4-6-12(11-19)15(18)22/h12-13H,4-11H2,1-3H3,(H2,18,22). The third-order valence-electron chi connectivity index (χ3n) is 4.68. The minimum absolute atomic E-state index is 0.0179. The van der Waals surface area contributed by atoms with Crippen molar-refractivity contribution in [2.24, 2.45) is 17.1 Å². The van der Waals surface area contributed by atoms with Crippen molar-refractivity contribution in [3.05, 3.63) is 0 Å². The van der Waals surface area contributed by atoms with Crippen molar-refractivity contribution in [2.45, 2.75) is 58.9 Å². The molecular weight excluding hydrogens is 294 g/mol. The topological polar surface area (TPSA) is 83.7 Å². The van der Waals surface area contributed by atoms with Gasteiger partial charge >= 0.3 is 0 Å². The van der Waals surface area contributed by atoms with Crippen molar-refractivity contribution in [3.8, 4) is 0 Å². The van der Waals surface area contributed by atoms with Crippen molar-refractivity contribution >= 4 is 17.7 Å². The minimum Gasteiger partial charge on any atom is -0.369 e. The van der Waals surface area contributed by atoms with E-state index in [1.165, 1.54) is 0 Å². The van der Waals surface area contributed by atoms with Gasteiger partial charge in [0.1, 0.15) is 6.04 Å². The van der Waals surface area contributed by atoms with E-state index in [4.69, 9.17) is 5.73 Å². The molecule has 2 unspecified atom stereocenters. The van der Waals surface area contributed by atoms with Crippen molar-refractivity contribution in [1.29, 1.82) is 0 Å². The first kappa shape index (κ1) is 17.8. The van der Waals surface area contributed by atoms with E-state index in [-0.39, 0.29) is 35.1 Å². The van der Waals surface area contributed by atoms with Gasteiger partial charge in [-0.25, -0.2) is 0 Å². The van der Waals surface area contributed by atoms with Crippen LogP contribution < -0.4 is 5.73 Å². The molecule has 0 radical (unpaired) electrons. The van der Waals surface area contributed by atoms with Crippen LogP contribution in [0.1, 0.15) is 52.9 Å². The van der Waals surface area contributed by atoms with Crippen LogP contribution in [0.25, 0.3) is 0 Å². The zero-order chi connectivity index (χ0) is 17.2. The zero-order valence-electron chi connectivity index (χ0n) is 14.5. The highest BCUT2D eigenvalue weighted by atomic mass is 16.2. The maximum atomic E-state index is 12.8. The Labute approximate surface area is 138 Å². The Balaban J connectivity index is 2.02. The Kier molecular flexibility index (Phi) is 5.32. The van der Waals surface area contributed by atoms with Gasteiger partial charge < -0.3 is 15.5 Å². The molecule has 0 aromatic heterocycles. The van der Waals surface area contributed by atoms with Crippen LogP contribution in [0.2, 0.25) is 0 Å². The largest absolute Gasteiger partial charge is 0.369 e. The molecule has 2 saturated heterocycles. The summed E-state index contributed by atoms with van der Waals surface area (Å²) in [5.41, 5.74) is 5.30. The molecule has 2 N–H and O–H groups in total. The Morgan fingerprint density at radius 2 is 1.74 bits per heavy atom. The lowest BCUT2D eigenvalue weighted by atomic mass is 9.91. The maximum Gasteiger partial charge on any atom is 0.245 e. The number of amides is 3. The molecule has 0 bridgehead atoms. The monoisotopic (exact) mass is 323 g/mol. The molecule has 130 valence electrons. The van der Waals surface area contributed by atoms with Gasteiger partial charge in [-0.05, 0) is 31.1 Å². The normalized spacial score (nSPS) is 25.5. The molecule has 2 heterocycles. The van der Waals surface area contributed by atoms with E-state index < -0.39 is 0 Å². The summed E-state index contributed by atoms with van der Waals surface area (Å²) in [6.45, 7) is 7.78. The van der Waals surface area contributed by atoms with Crippen molar-refractivity contribution < 1.29 is 14.4 Å². The Morgan fingerprint density at radius 3 is 2.35 bits per heavy atom. The first-order valence-corrected chi connectivity index (χ1v) is 8.56. The van der Waals surface area contributed by atoms with Gasteiger partial charge in [-0.15, -0.1) is 0 Å². The quantitative estimate of drug-likeness (QED) is 0.845. The Hall–Kier alpha value is -1.59. The molecule has 0 saturated carbocycles. The summed E-state index contributed by atoms with van der Waals surface area (Å²) in [6, 6.07) is -0.364. The zero-order valence-corrected chi connectivity index (χ0v) is 14.5. The molecule has 3 amide bonds. The van der Waals surface area contributed by atoms with Crippen LogP contribution >= 0.6 is 0 Å². The lowest BCUT2D eigenvalue weighted by Crippen LogP contribution is -2.52. The average Bonchev–Trinajstić information content (AvgIpc) is 2.94. The summed E-state index contributed by atoms with van der Waals surface area (Å²) in [4.78, 5) is 40.2. The van der Waals surface area contributed by atoms with Gasteiger partial charge in [-0.2, -0.15) is 0 Å². The van der Waals surface area contributed by atoms with E-state index in [2.05, 4.69) is 0 Å². The van der Waals surface area contributed by atoms with E-state index in [9.17, 15) is 14.4 Å². The number of piperidine rings is 1. The molecule has 6 heteroatoms. The van der Waals surface area contributed by atoms with Crippen LogP contribution in [0, 0.1) is 11.3 Å². The summed E-state index contributed by atoms with van der Waals surface area (Å²) in [6.07, 6.45) is 3.56. The van der Waals surface area contributed by atoms with E-state index in [0.717, 1.165) is 19.3 Å². The molecular formula is C17H29N3O3. The minimum atomic E-state index is -0.364. The second-order valence-corrected chi connectivity index (χ2v) is 8.01. The van der Waals surface area contributed by atoms with E-state index >= 15 is 0 Å². The number of hydrogen-bond donors (Lipinski definition) is 1. The summed E-state index contributed by atoms with van der Waals surface area (Å²) in [5, 5.41) is 0. The number of carbonyl (C=O) groups excluding carboxylic acids is 3. The second kappa shape index (κ2) is 6.89. The van der Waals surface area contributed by atoms with Gasteiger partial charge in [0.15, 0.2) is 0 Å². The number of nitrogens with zero attached hydrogens (tertiary/aromatic N) is 2. The molecule has 0 aliphatic carbocycles. The number of carbonyl (C=O) groups is 3. The molecule has 6 nitrogen and oxygen atoms in total. The first-order chi connectivity index (χ1) is 10.7. The lowest BCUT2D eigenvalue weighted by molar-refractivity contribution is -0.146. The lowest BCUT2D eigenvalue weighted by Gasteiger charge is -2.35. The van der Waals surface area contributed by atoms with Gasteiger partial charge in [0.2, 0.25) is 17.7 Å². The summed E-state index contributed by atoms with van der Waals surface area (Å²) in [5.74, 6) is -0.560. The van der Waals surface area contributed by atoms with Crippen LogP contribution in [0.15, 0.2) is 0 Å². The predicted molar refractivity (Wildman–Crippen MR) is 87.3 cm³/mol. The molecule has 0 aromatic carbocycles. The first-order valence-electron chi connectivity index (χ1n) is 8.56. The van der Waals surface area contributed by atoms with Gasteiger partial charge in [-0.3, -0.25) is 14.4 Å². The number of rotatable bonds is 3. The van der Waals surface area contributed by atoms with Crippen molar-refractivity contribution in [3.63, 3.8) is 0 Å². The fraction of sp³-hybridized carbons (Fsp3) is 0.824. The van der Waals surface area contributed by atoms with Crippen LogP contribution in [0.5, 0.6) is 0 Å². The number of hydrogen-bond acceptors (Lipinski definition) is 3. The van der Waals surface area contributed by atoms with E-state index in [1.54, 1.807) is 9.80 Å². The highest BCUT2D eigenvalue weighted by molar-refractivity contribution is 5.89. The molecule has 0 spiro atoms. The smallest absolute Gasteiger partial charge is 0.245 e. The van der Waals surface area contributed by atoms with Crippen molar-refractivity contribution in [1.82, 2.24) is 9.80 Å². The fourth-order valence-electron chi connectivity index (χ4n) is 3.50. The molecule has 2 aliphatic rings. The second-order valence-electron chi connectivity index (χ2n) is 8.01. The van der Waals surface area contributed by atoms with Crippen LogP contribution in [-0.2, 0) is 14.4 Å². The average molecular weight is 323 g/mol. The molecule has 2 rings (SSSR count). The predicted octanol–water partition coefficient (Wildman–Crippen LogP) is 1.14. The highest BCUT2D eigenvalue weighted by Crippen LogP contribution is 2.27. The highest BCUT2D eigenvalue weighted by Gasteiger charge is 2.39. The SMILES string of the molecule is CC(C)(C)CC(=O)N1CCCC1C(=O)N1CCCC(C(N)=O)C1. The number of primary amides is 1. The number of likely N-dealkylation sites (tertiary alicyclic amines) is 2. The Morgan fingerprint density at radius 1 is 1.09 bits per heavy atom. The van der Waals surface area contributed by atoms with Gasteiger partial charge in [-0.1, -0.05) is 20.8 Å².